The van der Waals surface area contributed by atoms with Crippen molar-refractivity contribution >= 4 is 45.8 Å². The molecular weight excluding hydrogens is 570 g/mol. The van der Waals surface area contributed by atoms with Crippen molar-refractivity contribution in [2.75, 3.05) is 55.9 Å². The average molecular weight is 607 g/mol. The maximum atomic E-state index is 13.7. The molecule has 3 heterocycles. The van der Waals surface area contributed by atoms with E-state index in [1.54, 1.807) is 0 Å². The number of carbonyl (C=O) groups excluding carboxylic acids is 1. The number of H-pyrrole nitrogens is 1. The Morgan fingerprint density at radius 1 is 0.977 bits per heavy atom. The Labute approximate surface area is 254 Å². The van der Waals surface area contributed by atoms with E-state index >= 15 is 0 Å². The van der Waals surface area contributed by atoms with Crippen molar-refractivity contribution in [3.63, 3.8) is 0 Å². The summed E-state index contributed by atoms with van der Waals surface area (Å²) in [5.41, 5.74) is 3.17. The highest BCUT2D eigenvalue weighted by Crippen LogP contribution is 2.34. The van der Waals surface area contributed by atoms with Gasteiger partial charge in [-0.15, -0.1) is 0 Å². The Morgan fingerprint density at radius 3 is 2.44 bits per heavy atom. The number of ether oxygens (including phenoxy) is 1. The third-order valence-corrected chi connectivity index (χ3v) is 9.19. The predicted octanol–water partition coefficient (Wildman–Crippen LogP) is 6.37. The molecule has 3 aromatic carbocycles. The largest absolute Gasteiger partial charge is 0.381 e. The molecule has 6 rings (SSSR count). The van der Waals surface area contributed by atoms with Crippen LogP contribution in [0.5, 0.6) is 0 Å². The maximum absolute atomic E-state index is 13.7. The SMILES string of the molecule is CN(C)C1CCN(c2ccc(C(=O)Nc3n[nH]c4ccc(Sc5cc(F)cc(F)c5)cc34)c(NC3CCOCC3)c2)CC1. The molecule has 0 saturated carbocycles. The van der Waals surface area contributed by atoms with Crippen LogP contribution in [0.4, 0.5) is 26.0 Å². The molecular formula is C32H36F2N6O2S. The maximum Gasteiger partial charge on any atom is 0.258 e. The lowest BCUT2D eigenvalue weighted by Crippen LogP contribution is -2.42. The van der Waals surface area contributed by atoms with E-state index in [9.17, 15) is 13.6 Å². The molecule has 0 radical (unpaired) electrons. The molecule has 0 bridgehead atoms. The molecule has 1 amide bonds. The lowest BCUT2D eigenvalue weighted by Gasteiger charge is -2.37. The monoisotopic (exact) mass is 606 g/mol. The van der Waals surface area contributed by atoms with Crippen LogP contribution in [-0.2, 0) is 4.74 Å². The number of aromatic amines is 1. The summed E-state index contributed by atoms with van der Waals surface area (Å²) in [5, 5.41) is 14.6. The van der Waals surface area contributed by atoms with Gasteiger partial charge in [0.2, 0.25) is 0 Å². The summed E-state index contributed by atoms with van der Waals surface area (Å²) in [7, 11) is 4.27. The van der Waals surface area contributed by atoms with Gasteiger partial charge in [-0.2, -0.15) is 5.10 Å². The number of halogens is 2. The first-order valence-electron chi connectivity index (χ1n) is 14.7. The lowest BCUT2D eigenvalue weighted by molar-refractivity contribution is 0.0904. The first-order valence-corrected chi connectivity index (χ1v) is 15.5. The van der Waals surface area contributed by atoms with Gasteiger partial charge in [0.1, 0.15) is 11.6 Å². The van der Waals surface area contributed by atoms with Crippen molar-refractivity contribution in [3.05, 3.63) is 71.8 Å². The fourth-order valence-corrected chi connectivity index (χ4v) is 6.73. The number of fused-ring (bicyclic) bond motifs is 1. The van der Waals surface area contributed by atoms with Crippen LogP contribution in [0, 0.1) is 11.6 Å². The first kappa shape index (κ1) is 29.4. The second-order valence-corrected chi connectivity index (χ2v) is 12.5. The molecule has 43 heavy (non-hydrogen) atoms. The smallest absolute Gasteiger partial charge is 0.258 e. The van der Waals surface area contributed by atoms with Gasteiger partial charge in [-0.3, -0.25) is 9.89 Å². The quantitative estimate of drug-likeness (QED) is 0.215. The normalized spacial score (nSPS) is 16.6. The summed E-state index contributed by atoms with van der Waals surface area (Å²) in [5.74, 6) is -1.14. The van der Waals surface area contributed by atoms with Gasteiger partial charge < -0.3 is 25.2 Å². The zero-order valence-corrected chi connectivity index (χ0v) is 25.1. The standard InChI is InChI=1S/C32H36F2N6O2S/c1-39(2)23-7-11-40(12-8-23)24-3-5-27(30(18-24)35-22-9-13-42-14-10-22)32(41)36-31-28-19-25(4-6-29(28)37-38-31)43-26-16-20(33)15-21(34)17-26/h3-6,15-19,22-23,35H,7-14H2,1-2H3,(H2,36,37,38,41). The molecule has 2 aliphatic rings. The van der Waals surface area contributed by atoms with Gasteiger partial charge in [-0.1, -0.05) is 11.8 Å². The van der Waals surface area contributed by atoms with Crippen LogP contribution in [0.1, 0.15) is 36.0 Å². The van der Waals surface area contributed by atoms with E-state index in [4.69, 9.17) is 4.74 Å². The number of rotatable bonds is 8. The molecule has 0 spiro atoms. The van der Waals surface area contributed by atoms with E-state index in [0.717, 1.165) is 66.6 Å². The number of nitrogens with one attached hydrogen (secondary N) is 3. The molecule has 1 aromatic heterocycles. The Hall–Kier alpha value is -3.67. The van der Waals surface area contributed by atoms with Gasteiger partial charge in [0.15, 0.2) is 5.82 Å². The van der Waals surface area contributed by atoms with Crippen LogP contribution in [-0.4, -0.2) is 73.5 Å². The lowest BCUT2D eigenvalue weighted by atomic mass is 10.0. The molecule has 2 fully saturated rings. The number of anilines is 3. The van der Waals surface area contributed by atoms with Gasteiger partial charge >= 0.3 is 0 Å². The van der Waals surface area contributed by atoms with Crippen LogP contribution >= 0.6 is 11.8 Å². The predicted molar refractivity (Wildman–Crippen MR) is 167 cm³/mol. The van der Waals surface area contributed by atoms with Crippen molar-refractivity contribution in [1.82, 2.24) is 15.1 Å². The van der Waals surface area contributed by atoms with Crippen LogP contribution in [0.3, 0.4) is 0 Å². The van der Waals surface area contributed by atoms with E-state index in [-0.39, 0.29) is 11.9 Å². The number of amides is 1. The topological polar surface area (TPSA) is 85.5 Å². The number of hydrogen-bond donors (Lipinski definition) is 3. The first-order chi connectivity index (χ1) is 20.8. The van der Waals surface area contributed by atoms with Gasteiger partial charge in [0.25, 0.3) is 5.91 Å². The van der Waals surface area contributed by atoms with Crippen LogP contribution in [0.15, 0.2) is 64.4 Å². The molecule has 0 atom stereocenters. The molecule has 226 valence electrons. The van der Waals surface area contributed by atoms with Crippen molar-refractivity contribution in [1.29, 1.82) is 0 Å². The van der Waals surface area contributed by atoms with E-state index in [1.165, 1.54) is 23.9 Å². The fraction of sp³-hybridized carbons (Fsp3) is 0.375. The van der Waals surface area contributed by atoms with E-state index < -0.39 is 11.6 Å². The molecule has 0 aliphatic carbocycles. The van der Waals surface area contributed by atoms with Gasteiger partial charge in [-0.25, -0.2) is 8.78 Å². The van der Waals surface area contributed by atoms with Crippen molar-refractivity contribution in [2.45, 2.75) is 47.6 Å². The number of carbonyl (C=O) groups is 1. The minimum absolute atomic E-state index is 0.216. The van der Waals surface area contributed by atoms with E-state index in [2.05, 4.69) is 50.8 Å². The van der Waals surface area contributed by atoms with Crippen LogP contribution in [0.25, 0.3) is 10.9 Å². The number of nitrogens with zero attached hydrogens (tertiary/aromatic N) is 3. The van der Waals surface area contributed by atoms with Crippen LogP contribution < -0.4 is 15.5 Å². The molecule has 2 saturated heterocycles. The molecule has 3 N–H and O–H groups in total. The summed E-state index contributed by atoms with van der Waals surface area (Å²) in [6, 6.07) is 15.8. The zero-order chi connectivity index (χ0) is 29.9. The Morgan fingerprint density at radius 2 is 1.72 bits per heavy atom. The van der Waals surface area contributed by atoms with Crippen molar-refractivity contribution in [3.8, 4) is 0 Å². The Kier molecular flexibility index (Phi) is 8.83. The zero-order valence-electron chi connectivity index (χ0n) is 24.3. The summed E-state index contributed by atoms with van der Waals surface area (Å²) in [6.07, 6.45) is 3.94. The number of piperidine rings is 1. The third-order valence-electron chi connectivity index (χ3n) is 8.23. The summed E-state index contributed by atoms with van der Waals surface area (Å²) >= 11 is 1.23. The van der Waals surface area contributed by atoms with Gasteiger partial charge in [0, 0.05) is 71.0 Å². The Bertz CT molecular complexity index is 1580. The molecule has 2 aliphatic heterocycles. The highest BCUT2D eigenvalue weighted by atomic mass is 32.2. The molecule has 0 unspecified atom stereocenters. The van der Waals surface area contributed by atoms with Crippen molar-refractivity contribution in [2.24, 2.45) is 0 Å². The summed E-state index contributed by atoms with van der Waals surface area (Å²) < 4.78 is 33.0. The number of hydrogen-bond acceptors (Lipinski definition) is 7. The Balaban J connectivity index is 1.24. The second-order valence-electron chi connectivity index (χ2n) is 11.4. The van der Waals surface area contributed by atoms with Crippen LogP contribution in [0.2, 0.25) is 0 Å². The number of aromatic nitrogens is 2. The third kappa shape index (κ3) is 6.95. The van der Waals surface area contributed by atoms with E-state index in [1.807, 2.05) is 30.3 Å². The molecule has 8 nitrogen and oxygen atoms in total. The summed E-state index contributed by atoms with van der Waals surface area (Å²) in [6.45, 7) is 3.32. The fourth-order valence-electron chi connectivity index (χ4n) is 5.80. The highest BCUT2D eigenvalue weighted by molar-refractivity contribution is 7.99. The van der Waals surface area contributed by atoms with Gasteiger partial charge in [0.05, 0.1) is 11.1 Å². The molecule has 4 aromatic rings. The highest BCUT2D eigenvalue weighted by Gasteiger charge is 2.24. The van der Waals surface area contributed by atoms with Gasteiger partial charge in [-0.05, 0) is 88.3 Å². The summed E-state index contributed by atoms with van der Waals surface area (Å²) in [4.78, 5) is 19.6. The average Bonchev–Trinajstić information content (AvgIpc) is 3.38. The number of benzene rings is 3. The minimum atomic E-state index is -0.630. The minimum Gasteiger partial charge on any atom is -0.381 e. The molecule has 11 heteroatoms. The van der Waals surface area contributed by atoms with Crippen molar-refractivity contribution < 1.29 is 18.3 Å². The second kappa shape index (κ2) is 12.9. The van der Waals surface area contributed by atoms with E-state index in [0.29, 0.717) is 40.9 Å².